The Kier molecular flexibility index (Phi) is 7.59. The summed E-state index contributed by atoms with van der Waals surface area (Å²) < 4.78 is 6.67. The summed E-state index contributed by atoms with van der Waals surface area (Å²) in [5.41, 5.74) is 2.22. The maximum absolute atomic E-state index is 9.60. The Labute approximate surface area is 121 Å². The van der Waals surface area contributed by atoms with Gasteiger partial charge in [-0.15, -0.1) is 0 Å². The molecule has 0 atom stereocenters. The van der Waals surface area contributed by atoms with Crippen LogP contribution in [0.15, 0.2) is 24.7 Å². The van der Waals surface area contributed by atoms with Gasteiger partial charge in [0, 0.05) is 31.0 Å². The van der Waals surface area contributed by atoms with Gasteiger partial charge in [0.25, 0.3) is 6.47 Å². The molecular weight excluding hydrogens is 252 g/mol. The SMILES string of the molecule is CC.CC(C)(C)OC=O.Cc1cn(C)c2ccncc12. The fourth-order valence-electron chi connectivity index (χ4n) is 1.57. The minimum absolute atomic E-state index is 0.318. The Balaban J connectivity index is 0.000000352. The van der Waals surface area contributed by atoms with E-state index in [4.69, 9.17) is 0 Å². The highest BCUT2D eigenvalue weighted by atomic mass is 16.5. The lowest BCUT2D eigenvalue weighted by atomic mass is 10.2. The fraction of sp³-hybridized carbons (Fsp3) is 0.500. The molecule has 0 spiro atoms. The lowest BCUT2D eigenvalue weighted by Crippen LogP contribution is -2.17. The lowest BCUT2D eigenvalue weighted by molar-refractivity contribution is -0.138. The van der Waals surface area contributed by atoms with Gasteiger partial charge in [-0.1, -0.05) is 13.8 Å². The lowest BCUT2D eigenvalue weighted by Gasteiger charge is -2.14. The molecule has 2 rings (SSSR count). The molecule has 0 unspecified atom stereocenters. The van der Waals surface area contributed by atoms with E-state index in [0.29, 0.717) is 6.47 Å². The summed E-state index contributed by atoms with van der Waals surface area (Å²) in [6.07, 6.45) is 5.85. The minimum atomic E-state index is -0.318. The molecule has 0 aromatic carbocycles. The van der Waals surface area contributed by atoms with Gasteiger partial charge in [0.05, 0.1) is 5.52 Å². The van der Waals surface area contributed by atoms with Crippen molar-refractivity contribution in [2.45, 2.75) is 47.1 Å². The largest absolute Gasteiger partial charge is 0.462 e. The van der Waals surface area contributed by atoms with Crippen LogP contribution in [0.5, 0.6) is 0 Å². The van der Waals surface area contributed by atoms with Crippen molar-refractivity contribution >= 4 is 17.4 Å². The monoisotopic (exact) mass is 278 g/mol. The van der Waals surface area contributed by atoms with Gasteiger partial charge in [-0.3, -0.25) is 9.78 Å². The first kappa shape index (κ1) is 18.2. The molecule has 4 nitrogen and oxygen atoms in total. The van der Waals surface area contributed by atoms with Crippen LogP contribution in [-0.2, 0) is 16.6 Å². The van der Waals surface area contributed by atoms with Crippen LogP contribution in [0.3, 0.4) is 0 Å². The van der Waals surface area contributed by atoms with Gasteiger partial charge in [-0.05, 0) is 39.3 Å². The summed E-state index contributed by atoms with van der Waals surface area (Å²) in [5, 5.41) is 1.25. The average Bonchev–Trinajstić information content (AvgIpc) is 2.68. The van der Waals surface area contributed by atoms with Crippen LogP contribution in [0.1, 0.15) is 40.2 Å². The van der Waals surface area contributed by atoms with Crippen LogP contribution in [0.2, 0.25) is 0 Å². The number of fused-ring (bicyclic) bond motifs is 1. The van der Waals surface area contributed by atoms with Crippen molar-refractivity contribution in [2.24, 2.45) is 7.05 Å². The molecule has 2 aromatic rings. The molecule has 0 saturated carbocycles. The van der Waals surface area contributed by atoms with Crippen molar-refractivity contribution in [3.05, 3.63) is 30.2 Å². The molecule has 0 aliphatic carbocycles. The number of carbonyl (C=O) groups excluding carboxylic acids is 1. The van der Waals surface area contributed by atoms with Gasteiger partial charge in [0.15, 0.2) is 0 Å². The smallest absolute Gasteiger partial charge is 0.293 e. The van der Waals surface area contributed by atoms with E-state index in [2.05, 4.69) is 34.5 Å². The van der Waals surface area contributed by atoms with Crippen LogP contribution in [0, 0.1) is 6.92 Å². The molecule has 0 bridgehead atoms. The van der Waals surface area contributed by atoms with E-state index in [0.717, 1.165) is 0 Å². The normalized spacial score (nSPS) is 9.95. The molecule has 2 aromatic heterocycles. The maximum Gasteiger partial charge on any atom is 0.293 e. The highest BCUT2D eigenvalue weighted by Gasteiger charge is 2.07. The van der Waals surface area contributed by atoms with Gasteiger partial charge >= 0.3 is 0 Å². The van der Waals surface area contributed by atoms with E-state index in [1.165, 1.54) is 16.5 Å². The third-order valence-corrected chi connectivity index (χ3v) is 2.39. The van der Waals surface area contributed by atoms with Gasteiger partial charge in [0.1, 0.15) is 5.60 Å². The highest BCUT2D eigenvalue weighted by Crippen LogP contribution is 2.17. The molecule has 0 N–H and O–H groups in total. The summed E-state index contributed by atoms with van der Waals surface area (Å²) in [4.78, 5) is 13.7. The summed E-state index contributed by atoms with van der Waals surface area (Å²) in [5.74, 6) is 0. The van der Waals surface area contributed by atoms with Gasteiger partial charge < -0.3 is 9.30 Å². The van der Waals surface area contributed by atoms with Crippen LogP contribution in [-0.4, -0.2) is 21.6 Å². The topological polar surface area (TPSA) is 44.1 Å². The molecular formula is C16H26N2O2. The molecule has 0 amide bonds. The zero-order valence-corrected chi connectivity index (χ0v) is 13.6. The van der Waals surface area contributed by atoms with E-state index < -0.39 is 0 Å². The summed E-state index contributed by atoms with van der Waals surface area (Å²) in [7, 11) is 2.05. The van der Waals surface area contributed by atoms with Crippen molar-refractivity contribution in [1.82, 2.24) is 9.55 Å². The van der Waals surface area contributed by atoms with Crippen LogP contribution < -0.4 is 0 Å². The molecule has 0 aliphatic heterocycles. The van der Waals surface area contributed by atoms with Gasteiger partial charge in [-0.2, -0.15) is 0 Å². The van der Waals surface area contributed by atoms with Crippen molar-refractivity contribution < 1.29 is 9.53 Å². The average molecular weight is 278 g/mol. The molecule has 4 heteroatoms. The van der Waals surface area contributed by atoms with Crippen LogP contribution in [0.4, 0.5) is 0 Å². The predicted octanol–water partition coefficient (Wildman–Crippen LogP) is 3.87. The number of aryl methyl sites for hydroxylation is 2. The standard InChI is InChI=1S/C9H10N2.C5H10O2.C2H6/c1-7-6-11(2)9-3-4-10-5-8(7)9;1-5(2,3)7-4-6;1-2/h3-6H,1-2H3;4H,1-3H3;1-2H3. The Morgan fingerprint density at radius 2 is 1.90 bits per heavy atom. The molecule has 2 heterocycles. The third kappa shape index (κ3) is 5.87. The minimum Gasteiger partial charge on any atom is -0.462 e. The summed E-state index contributed by atoms with van der Waals surface area (Å²) >= 11 is 0. The number of hydrogen-bond acceptors (Lipinski definition) is 3. The zero-order chi connectivity index (χ0) is 15.8. The van der Waals surface area contributed by atoms with Crippen molar-refractivity contribution in [3.8, 4) is 0 Å². The predicted molar refractivity (Wildman–Crippen MR) is 83.7 cm³/mol. The number of ether oxygens (including phenoxy) is 1. The quantitative estimate of drug-likeness (QED) is 0.744. The highest BCUT2D eigenvalue weighted by molar-refractivity contribution is 5.82. The third-order valence-electron chi connectivity index (χ3n) is 2.39. The summed E-state index contributed by atoms with van der Waals surface area (Å²) in [6, 6.07) is 2.03. The van der Waals surface area contributed by atoms with Crippen molar-refractivity contribution in [3.63, 3.8) is 0 Å². The second-order valence-electron chi connectivity index (χ2n) is 5.14. The van der Waals surface area contributed by atoms with E-state index in [1.54, 1.807) is 0 Å². The van der Waals surface area contributed by atoms with E-state index in [1.807, 2.05) is 53.1 Å². The van der Waals surface area contributed by atoms with E-state index >= 15 is 0 Å². The van der Waals surface area contributed by atoms with Gasteiger partial charge in [0.2, 0.25) is 0 Å². The van der Waals surface area contributed by atoms with Crippen molar-refractivity contribution in [1.29, 1.82) is 0 Å². The zero-order valence-electron chi connectivity index (χ0n) is 13.6. The number of pyridine rings is 1. The van der Waals surface area contributed by atoms with Crippen molar-refractivity contribution in [2.75, 3.05) is 0 Å². The first-order valence-corrected chi connectivity index (χ1v) is 6.82. The fourth-order valence-corrected chi connectivity index (χ4v) is 1.57. The number of aromatic nitrogens is 2. The molecule has 20 heavy (non-hydrogen) atoms. The number of carbonyl (C=O) groups is 1. The summed E-state index contributed by atoms with van der Waals surface area (Å²) in [6.45, 7) is 12.0. The van der Waals surface area contributed by atoms with E-state index in [-0.39, 0.29) is 5.60 Å². The molecule has 112 valence electrons. The Morgan fingerprint density at radius 3 is 2.30 bits per heavy atom. The van der Waals surface area contributed by atoms with Crippen LogP contribution >= 0.6 is 0 Å². The first-order valence-electron chi connectivity index (χ1n) is 6.82. The number of rotatable bonds is 1. The molecule has 0 aliphatic rings. The first-order chi connectivity index (χ1) is 9.35. The second kappa shape index (κ2) is 8.35. The van der Waals surface area contributed by atoms with Crippen LogP contribution in [0.25, 0.3) is 10.9 Å². The second-order valence-corrected chi connectivity index (χ2v) is 5.14. The number of nitrogens with zero attached hydrogens (tertiary/aromatic N) is 2. The maximum atomic E-state index is 9.60. The molecule has 0 fully saturated rings. The molecule has 0 radical (unpaired) electrons. The Hall–Kier alpha value is -1.84. The Morgan fingerprint density at radius 1 is 1.30 bits per heavy atom. The van der Waals surface area contributed by atoms with Gasteiger partial charge in [-0.25, -0.2) is 0 Å². The molecule has 0 saturated heterocycles. The number of hydrogen-bond donors (Lipinski definition) is 0. The Bertz CT molecular complexity index is 489. The van der Waals surface area contributed by atoms with E-state index in [9.17, 15) is 4.79 Å².